The Morgan fingerprint density at radius 3 is 2.61 bits per heavy atom. The minimum Gasteiger partial charge on any atom is -0.497 e. The number of ether oxygens (including phenoxy) is 2. The second kappa shape index (κ2) is 6.82. The van der Waals surface area contributed by atoms with E-state index in [0.717, 1.165) is 11.1 Å². The van der Waals surface area contributed by atoms with Crippen molar-refractivity contribution in [3.8, 4) is 5.75 Å². The fourth-order valence-electron chi connectivity index (χ4n) is 3.71. The minimum atomic E-state index is -1.68. The number of aryl methyl sites for hydroxylation is 1. The summed E-state index contributed by atoms with van der Waals surface area (Å²) >= 11 is 0. The maximum absolute atomic E-state index is 10.9. The van der Waals surface area contributed by atoms with Gasteiger partial charge in [0.2, 0.25) is 0 Å². The van der Waals surface area contributed by atoms with Crippen molar-refractivity contribution in [1.29, 1.82) is 0 Å². The van der Waals surface area contributed by atoms with E-state index >= 15 is 0 Å². The van der Waals surface area contributed by atoms with Crippen LogP contribution >= 0.6 is 0 Å². The second-order valence-electron chi connectivity index (χ2n) is 7.26. The van der Waals surface area contributed by atoms with Crippen LogP contribution in [0.15, 0.2) is 42.9 Å². The van der Waals surface area contributed by atoms with Crippen molar-refractivity contribution in [1.82, 2.24) is 14.5 Å². The Balaban J connectivity index is 1.68. The zero-order chi connectivity index (χ0) is 20.1. The van der Waals surface area contributed by atoms with Gasteiger partial charge in [-0.15, -0.1) is 0 Å². The number of hydrogen-bond acceptors (Lipinski definition) is 7. The molecule has 8 nitrogen and oxygen atoms in total. The van der Waals surface area contributed by atoms with Gasteiger partial charge in [-0.2, -0.15) is 0 Å². The van der Waals surface area contributed by atoms with Crippen molar-refractivity contribution in [3.05, 3.63) is 54.1 Å². The third-order valence-electron chi connectivity index (χ3n) is 5.46. The van der Waals surface area contributed by atoms with Crippen LogP contribution in [0.25, 0.3) is 11.0 Å². The smallest absolute Gasteiger partial charge is 0.164 e. The highest BCUT2D eigenvalue weighted by molar-refractivity contribution is 5.78. The topological polar surface area (TPSA) is 110 Å². The molecule has 0 bridgehead atoms. The lowest BCUT2D eigenvalue weighted by Crippen LogP contribution is -2.47. The molecule has 0 unspecified atom stereocenters. The molecule has 8 heteroatoms. The Labute approximate surface area is 162 Å². The fourth-order valence-corrected chi connectivity index (χ4v) is 3.71. The van der Waals surface area contributed by atoms with Gasteiger partial charge in [-0.3, -0.25) is 0 Å². The largest absolute Gasteiger partial charge is 0.497 e. The monoisotopic (exact) mass is 385 g/mol. The predicted molar refractivity (Wildman–Crippen MR) is 101 cm³/mol. The maximum atomic E-state index is 10.9. The van der Waals surface area contributed by atoms with Gasteiger partial charge in [0.1, 0.15) is 41.6 Å². The summed E-state index contributed by atoms with van der Waals surface area (Å²) in [5, 5.41) is 33.4. The number of nitrogens with zero attached hydrogens (tertiary/aromatic N) is 3. The van der Waals surface area contributed by atoms with Gasteiger partial charge in [0, 0.05) is 11.6 Å². The third kappa shape index (κ3) is 2.85. The van der Waals surface area contributed by atoms with Crippen LogP contribution in [0.5, 0.6) is 5.75 Å². The quantitative estimate of drug-likeness (QED) is 0.624. The summed E-state index contributed by atoms with van der Waals surface area (Å²) in [6, 6.07) is 8.67. The number of hydrogen-bond donors (Lipinski definition) is 3. The molecule has 1 aliphatic rings. The van der Waals surface area contributed by atoms with Crippen LogP contribution in [0.3, 0.4) is 0 Å². The summed E-state index contributed by atoms with van der Waals surface area (Å²) in [7, 11) is 1.56. The molecule has 0 aliphatic carbocycles. The van der Waals surface area contributed by atoms with Gasteiger partial charge in [-0.1, -0.05) is 12.1 Å². The van der Waals surface area contributed by atoms with Crippen molar-refractivity contribution in [2.24, 2.45) is 0 Å². The van der Waals surface area contributed by atoms with Crippen LogP contribution in [-0.2, 0) is 4.74 Å². The van der Waals surface area contributed by atoms with Crippen LogP contribution in [-0.4, -0.2) is 54.8 Å². The molecule has 1 fully saturated rings. The van der Waals surface area contributed by atoms with Gasteiger partial charge in [0.05, 0.1) is 12.8 Å². The maximum Gasteiger partial charge on any atom is 0.164 e. The van der Waals surface area contributed by atoms with E-state index in [9.17, 15) is 15.3 Å². The zero-order valence-corrected chi connectivity index (χ0v) is 15.9. The molecule has 5 atom stereocenters. The van der Waals surface area contributed by atoms with Gasteiger partial charge in [0.25, 0.3) is 0 Å². The number of aliphatic hydroxyl groups excluding tert-OH is 2. The first-order valence-electron chi connectivity index (χ1n) is 9.00. The van der Waals surface area contributed by atoms with Crippen LogP contribution in [0.4, 0.5) is 0 Å². The van der Waals surface area contributed by atoms with Gasteiger partial charge >= 0.3 is 0 Å². The highest BCUT2D eigenvalue weighted by atomic mass is 16.6. The SMILES string of the molecule is COc1ccc([C@@H](O)[C@H]2O[C@@H](n3ccc4c(C)ncnc43)[C@H](O)[C@]2(C)O)cc1. The molecule has 148 valence electrons. The van der Waals surface area contributed by atoms with Gasteiger partial charge in [-0.25, -0.2) is 9.97 Å². The molecule has 3 heterocycles. The number of fused-ring (bicyclic) bond motifs is 1. The Kier molecular flexibility index (Phi) is 4.59. The van der Waals surface area contributed by atoms with Crippen LogP contribution in [0, 0.1) is 6.92 Å². The molecule has 3 aromatic rings. The fraction of sp³-hybridized carbons (Fsp3) is 0.400. The number of rotatable bonds is 4. The van der Waals surface area contributed by atoms with E-state index in [1.165, 1.54) is 13.3 Å². The van der Waals surface area contributed by atoms with Crippen LogP contribution in [0.1, 0.15) is 30.5 Å². The Morgan fingerprint density at radius 1 is 1.21 bits per heavy atom. The van der Waals surface area contributed by atoms with Crippen molar-refractivity contribution >= 4 is 11.0 Å². The number of aliphatic hydroxyl groups is 3. The summed E-state index contributed by atoms with van der Waals surface area (Å²) in [6.07, 6.45) is -1.17. The van der Waals surface area contributed by atoms with Gasteiger partial charge in [-0.05, 0) is 37.6 Å². The molecule has 0 spiro atoms. The standard InChI is InChI=1S/C20H23N3O5/c1-11-14-8-9-23(18(14)22-10-21-11)19-16(25)20(2,26)17(28-19)15(24)12-4-6-13(27-3)7-5-12/h4-10,15-17,19,24-26H,1-3H3/t15-,16+,17-,19-,20+/m1/s1. The van der Waals surface area contributed by atoms with E-state index < -0.39 is 30.1 Å². The highest BCUT2D eigenvalue weighted by Crippen LogP contribution is 2.43. The molecule has 0 radical (unpaired) electrons. The average Bonchev–Trinajstić information content (AvgIpc) is 3.22. The lowest BCUT2D eigenvalue weighted by atomic mass is 9.88. The van der Waals surface area contributed by atoms with E-state index in [1.807, 2.05) is 13.0 Å². The molecule has 1 aliphatic heterocycles. The van der Waals surface area contributed by atoms with Crippen molar-refractivity contribution in [2.45, 2.75) is 44.0 Å². The van der Waals surface area contributed by atoms with E-state index in [2.05, 4.69) is 9.97 Å². The molecule has 2 aromatic heterocycles. The van der Waals surface area contributed by atoms with Crippen molar-refractivity contribution < 1.29 is 24.8 Å². The van der Waals surface area contributed by atoms with Gasteiger partial charge in [0.15, 0.2) is 6.23 Å². The summed E-state index contributed by atoms with van der Waals surface area (Å²) in [5.74, 6) is 0.654. The lowest BCUT2D eigenvalue weighted by Gasteiger charge is -2.29. The first kappa shape index (κ1) is 18.8. The van der Waals surface area contributed by atoms with Crippen molar-refractivity contribution in [2.75, 3.05) is 7.11 Å². The minimum absolute atomic E-state index is 0.550. The molecule has 28 heavy (non-hydrogen) atoms. The number of aromatic nitrogens is 3. The number of benzene rings is 1. The first-order chi connectivity index (χ1) is 13.3. The van der Waals surface area contributed by atoms with Crippen molar-refractivity contribution in [3.63, 3.8) is 0 Å². The molecule has 3 N–H and O–H groups in total. The van der Waals surface area contributed by atoms with Crippen LogP contribution < -0.4 is 4.74 Å². The highest BCUT2D eigenvalue weighted by Gasteiger charge is 2.55. The third-order valence-corrected chi connectivity index (χ3v) is 5.46. The summed E-state index contributed by atoms with van der Waals surface area (Å²) in [6.45, 7) is 3.33. The Hall–Kier alpha value is -2.52. The number of methoxy groups -OCH3 is 1. The summed E-state index contributed by atoms with van der Waals surface area (Å²) in [5.41, 5.74) is 0.266. The predicted octanol–water partition coefficient (Wildman–Crippen LogP) is 1.49. The molecule has 1 saturated heterocycles. The van der Waals surface area contributed by atoms with E-state index in [4.69, 9.17) is 9.47 Å². The van der Waals surface area contributed by atoms with E-state index in [-0.39, 0.29) is 0 Å². The van der Waals surface area contributed by atoms with E-state index in [0.29, 0.717) is 17.0 Å². The summed E-state index contributed by atoms with van der Waals surface area (Å²) in [4.78, 5) is 8.44. The molecule has 1 aromatic carbocycles. The van der Waals surface area contributed by atoms with Gasteiger partial charge < -0.3 is 29.4 Å². The Bertz CT molecular complexity index is 985. The molecule has 0 amide bonds. The zero-order valence-electron chi connectivity index (χ0n) is 15.9. The molecule has 0 saturated carbocycles. The average molecular weight is 385 g/mol. The Morgan fingerprint density at radius 2 is 1.93 bits per heavy atom. The van der Waals surface area contributed by atoms with E-state index in [1.54, 1.807) is 42.1 Å². The molecular formula is C20H23N3O5. The molecule has 4 rings (SSSR count). The first-order valence-corrected chi connectivity index (χ1v) is 9.00. The normalized spacial score (nSPS) is 28.6. The molecular weight excluding hydrogens is 362 g/mol. The lowest BCUT2D eigenvalue weighted by molar-refractivity contribution is -0.115. The second-order valence-corrected chi connectivity index (χ2v) is 7.26. The van der Waals surface area contributed by atoms with Crippen LogP contribution in [0.2, 0.25) is 0 Å². The summed E-state index contributed by atoms with van der Waals surface area (Å²) < 4.78 is 12.8.